The Balaban J connectivity index is 2.82. The summed E-state index contributed by atoms with van der Waals surface area (Å²) in [6, 6.07) is 2.94. The summed E-state index contributed by atoms with van der Waals surface area (Å²) in [6.07, 6.45) is 0.101. The van der Waals surface area contributed by atoms with E-state index in [0.29, 0.717) is 18.8 Å². The number of ether oxygens (including phenoxy) is 2. The molecule has 0 spiro atoms. The van der Waals surface area contributed by atoms with Crippen LogP contribution in [0.15, 0.2) is 12.1 Å². The van der Waals surface area contributed by atoms with Crippen LogP contribution in [0.4, 0.5) is 15.8 Å². The highest BCUT2D eigenvalue weighted by atomic mass is 19.1. The Labute approximate surface area is 120 Å². The Morgan fingerprint density at radius 3 is 2.40 bits per heavy atom. The molecule has 0 unspecified atom stereocenters. The smallest absolute Gasteiger partial charge is 0.167 e. The Kier molecular flexibility index (Phi) is 6.07. The molecule has 1 aromatic rings. The molecule has 0 atom stereocenters. The minimum absolute atomic E-state index is 0.0874. The molecule has 0 bridgehead atoms. The van der Waals surface area contributed by atoms with Gasteiger partial charge in [0.1, 0.15) is 0 Å². The van der Waals surface area contributed by atoms with Gasteiger partial charge in [0.05, 0.1) is 30.2 Å². The van der Waals surface area contributed by atoms with Crippen molar-refractivity contribution in [1.82, 2.24) is 0 Å². The average Bonchev–Trinajstić information content (AvgIpc) is 2.31. The molecule has 0 aliphatic heterocycles. The maximum atomic E-state index is 13.8. The summed E-state index contributed by atoms with van der Waals surface area (Å²) >= 11 is 0. The fourth-order valence-corrected chi connectivity index (χ4v) is 1.78. The van der Waals surface area contributed by atoms with Crippen molar-refractivity contribution in [3.63, 3.8) is 0 Å². The van der Waals surface area contributed by atoms with Crippen LogP contribution in [-0.2, 0) is 4.74 Å². The molecule has 4 nitrogen and oxygen atoms in total. The number of likely N-dealkylation sites (N-methyl/N-ethyl adjacent to an activating group) is 1. The van der Waals surface area contributed by atoms with Crippen LogP contribution in [0.5, 0.6) is 5.75 Å². The number of rotatable bonds is 7. The molecule has 2 N–H and O–H groups in total. The van der Waals surface area contributed by atoms with Crippen molar-refractivity contribution in [2.45, 2.75) is 39.9 Å². The van der Waals surface area contributed by atoms with Crippen LogP contribution in [0.1, 0.15) is 27.7 Å². The molecular formula is C15H25FN2O2. The molecule has 0 aromatic heterocycles. The van der Waals surface area contributed by atoms with Gasteiger partial charge in [0.15, 0.2) is 11.6 Å². The number of nitrogen functional groups attached to an aromatic ring is 1. The molecule has 0 aliphatic rings. The normalized spacial score (nSPS) is 11.2. The molecule has 5 heteroatoms. The van der Waals surface area contributed by atoms with Crippen molar-refractivity contribution in [3.05, 3.63) is 17.9 Å². The number of benzene rings is 1. The predicted octanol–water partition coefficient (Wildman–Crippen LogP) is 3.06. The topological polar surface area (TPSA) is 47.7 Å². The van der Waals surface area contributed by atoms with Gasteiger partial charge in [-0.2, -0.15) is 0 Å². The zero-order valence-electron chi connectivity index (χ0n) is 12.9. The molecule has 1 rings (SSSR count). The van der Waals surface area contributed by atoms with E-state index >= 15 is 0 Å². The van der Waals surface area contributed by atoms with Gasteiger partial charge in [-0.1, -0.05) is 0 Å². The third-order valence-electron chi connectivity index (χ3n) is 2.73. The predicted molar refractivity (Wildman–Crippen MR) is 80.9 cm³/mol. The summed E-state index contributed by atoms with van der Waals surface area (Å²) in [7, 11) is 1.90. The molecule has 0 heterocycles. The van der Waals surface area contributed by atoms with Crippen LogP contribution >= 0.6 is 0 Å². The maximum Gasteiger partial charge on any atom is 0.167 e. The van der Waals surface area contributed by atoms with E-state index in [1.54, 1.807) is 6.07 Å². The van der Waals surface area contributed by atoms with Crippen molar-refractivity contribution < 1.29 is 13.9 Å². The van der Waals surface area contributed by atoms with Gasteiger partial charge in [-0.25, -0.2) is 4.39 Å². The first-order valence-electron chi connectivity index (χ1n) is 6.89. The van der Waals surface area contributed by atoms with Crippen LogP contribution in [0.2, 0.25) is 0 Å². The molecule has 0 fully saturated rings. The average molecular weight is 284 g/mol. The minimum atomic E-state index is -0.438. The maximum absolute atomic E-state index is 13.8. The van der Waals surface area contributed by atoms with Gasteiger partial charge in [-0.3, -0.25) is 0 Å². The second-order valence-corrected chi connectivity index (χ2v) is 5.35. The number of nitrogens with zero attached hydrogens (tertiary/aromatic N) is 1. The van der Waals surface area contributed by atoms with Crippen LogP contribution < -0.4 is 15.4 Å². The third-order valence-corrected chi connectivity index (χ3v) is 2.73. The van der Waals surface area contributed by atoms with Crippen molar-refractivity contribution in [1.29, 1.82) is 0 Å². The van der Waals surface area contributed by atoms with Gasteiger partial charge in [0.25, 0.3) is 0 Å². The number of anilines is 2. The van der Waals surface area contributed by atoms with E-state index in [1.165, 1.54) is 6.07 Å². The Hall–Kier alpha value is -1.49. The lowest BCUT2D eigenvalue weighted by Gasteiger charge is -2.23. The Morgan fingerprint density at radius 1 is 1.20 bits per heavy atom. The second kappa shape index (κ2) is 7.33. The summed E-state index contributed by atoms with van der Waals surface area (Å²) in [6.45, 7) is 8.95. The minimum Gasteiger partial charge on any atom is -0.488 e. The van der Waals surface area contributed by atoms with E-state index in [4.69, 9.17) is 15.2 Å². The van der Waals surface area contributed by atoms with E-state index in [1.807, 2.05) is 39.6 Å². The van der Waals surface area contributed by atoms with Crippen molar-refractivity contribution in [3.8, 4) is 5.75 Å². The SMILES string of the molecule is CC(C)OCCN(C)c1cc(OC(C)C)c(F)cc1N. The van der Waals surface area contributed by atoms with E-state index in [0.717, 1.165) is 5.69 Å². The van der Waals surface area contributed by atoms with Gasteiger partial charge >= 0.3 is 0 Å². The van der Waals surface area contributed by atoms with Gasteiger partial charge in [-0.05, 0) is 27.7 Å². The number of hydrogen-bond donors (Lipinski definition) is 1. The molecule has 1 aromatic carbocycles. The zero-order chi connectivity index (χ0) is 15.3. The molecule has 0 aliphatic carbocycles. The summed E-state index contributed by atoms with van der Waals surface area (Å²) in [5.74, 6) is -0.215. The number of hydrogen-bond acceptors (Lipinski definition) is 4. The molecule has 0 saturated carbocycles. The lowest BCUT2D eigenvalue weighted by atomic mass is 10.2. The first-order chi connectivity index (χ1) is 9.31. The van der Waals surface area contributed by atoms with Gasteiger partial charge in [-0.15, -0.1) is 0 Å². The van der Waals surface area contributed by atoms with E-state index in [2.05, 4.69) is 0 Å². The van der Waals surface area contributed by atoms with Crippen LogP contribution in [0.3, 0.4) is 0 Å². The fourth-order valence-electron chi connectivity index (χ4n) is 1.78. The molecule has 0 amide bonds. The highest BCUT2D eigenvalue weighted by molar-refractivity contribution is 5.69. The highest BCUT2D eigenvalue weighted by Gasteiger charge is 2.13. The fraction of sp³-hybridized carbons (Fsp3) is 0.600. The van der Waals surface area contributed by atoms with Crippen molar-refractivity contribution >= 4 is 11.4 Å². The second-order valence-electron chi connectivity index (χ2n) is 5.35. The Bertz CT molecular complexity index is 436. The largest absolute Gasteiger partial charge is 0.488 e. The molecular weight excluding hydrogens is 259 g/mol. The summed E-state index contributed by atoms with van der Waals surface area (Å²) in [4.78, 5) is 1.93. The van der Waals surface area contributed by atoms with Crippen molar-refractivity contribution in [2.75, 3.05) is 30.8 Å². The van der Waals surface area contributed by atoms with Crippen LogP contribution in [0, 0.1) is 5.82 Å². The molecule has 114 valence electrons. The molecule has 0 radical (unpaired) electrons. The van der Waals surface area contributed by atoms with E-state index in [-0.39, 0.29) is 18.0 Å². The quantitative estimate of drug-likeness (QED) is 0.782. The van der Waals surface area contributed by atoms with E-state index < -0.39 is 5.82 Å². The summed E-state index contributed by atoms with van der Waals surface area (Å²) in [5.41, 5.74) is 7.01. The third kappa shape index (κ3) is 4.89. The van der Waals surface area contributed by atoms with Crippen LogP contribution in [-0.4, -0.2) is 32.4 Å². The number of nitrogens with two attached hydrogens (primary N) is 1. The first-order valence-corrected chi connectivity index (χ1v) is 6.89. The molecule has 0 saturated heterocycles. The first kappa shape index (κ1) is 16.6. The Morgan fingerprint density at radius 2 is 1.85 bits per heavy atom. The lowest BCUT2D eigenvalue weighted by molar-refractivity contribution is 0.0846. The van der Waals surface area contributed by atoms with Gasteiger partial charge < -0.3 is 20.1 Å². The van der Waals surface area contributed by atoms with Gasteiger partial charge in [0, 0.05) is 25.7 Å². The highest BCUT2D eigenvalue weighted by Crippen LogP contribution is 2.31. The lowest BCUT2D eigenvalue weighted by Crippen LogP contribution is -2.25. The molecule has 20 heavy (non-hydrogen) atoms. The van der Waals surface area contributed by atoms with E-state index in [9.17, 15) is 4.39 Å². The van der Waals surface area contributed by atoms with Gasteiger partial charge in [0.2, 0.25) is 0 Å². The number of halogens is 1. The summed E-state index contributed by atoms with van der Waals surface area (Å²) in [5, 5.41) is 0. The van der Waals surface area contributed by atoms with Crippen molar-refractivity contribution in [2.24, 2.45) is 0 Å². The zero-order valence-corrected chi connectivity index (χ0v) is 12.9. The standard InChI is InChI=1S/C15H25FN2O2/c1-10(2)19-7-6-18(5)14-9-15(20-11(3)4)12(16)8-13(14)17/h8-11H,6-7,17H2,1-5H3. The monoisotopic (exact) mass is 284 g/mol. The van der Waals surface area contributed by atoms with Crippen LogP contribution in [0.25, 0.3) is 0 Å². The summed E-state index contributed by atoms with van der Waals surface area (Å²) < 4.78 is 24.7.